The monoisotopic (exact) mass is 395 g/mol. The molecule has 0 saturated heterocycles. The van der Waals surface area contributed by atoms with Crippen LogP contribution in [0.2, 0.25) is 10.0 Å². The van der Waals surface area contributed by atoms with Crippen molar-refractivity contribution < 1.29 is 9.59 Å². The van der Waals surface area contributed by atoms with Gasteiger partial charge in [0, 0.05) is 27.2 Å². The van der Waals surface area contributed by atoms with Crippen molar-refractivity contribution in [3.8, 4) is 0 Å². The average molecular weight is 396 g/mol. The van der Waals surface area contributed by atoms with Gasteiger partial charge >= 0.3 is 0 Å². The largest absolute Gasteiger partial charge is 0.322 e. The molecule has 0 spiro atoms. The number of nitrogens with one attached hydrogen (secondary N) is 1. The van der Waals surface area contributed by atoms with Crippen LogP contribution in [0.4, 0.5) is 5.69 Å². The van der Waals surface area contributed by atoms with Gasteiger partial charge < -0.3 is 5.32 Å². The van der Waals surface area contributed by atoms with Gasteiger partial charge in [0.25, 0.3) is 0 Å². The maximum absolute atomic E-state index is 12.8. The molecule has 1 amide bonds. The van der Waals surface area contributed by atoms with Gasteiger partial charge in [0.05, 0.1) is 5.69 Å². The molecule has 1 N–H and O–H groups in total. The van der Waals surface area contributed by atoms with E-state index in [2.05, 4.69) is 5.32 Å². The Hall–Kier alpha value is -2.88. The molecule has 0 radical (unpaired) electrons. The molecule has 0 bridgehead atoms. The molecule has 0 unspecified atom stereocenters. The Bertz CT molecular complexity index is 1010. The molecule has 134 valence electrons. The van der Waals surface area contributed by atoms with Gasteiger partial charge in [-0.25, -0.2) is 0 Å². The van der Waals surface area contributed by atoms with Gasteiger partial charge in [-0.1, -0.05) is 65.7 Å². The zero-order valence-corrected chi connectivity index (χ0v) is 15.7. The second kappa shape index (κ2) is 8.67. The van der Waals surface area contributed by atoms with Crippen molar-refractivity contribution in [2.24, 2.45) is 0 Å². The van der Waals surface area contributed by atoms with Crippen molar-refractivity contribution in [3.05, 3.63) is 106 Å². The van der Waals surface area contributed by atoms with E-state index in [4.69, 9.17) is 23.2 Å². The third-order valence-corrected chi connectivity index (χ3v) is 4.27. The second-order valence-electron chi connectivity index (χ2n) is 5.76. The van der Waals surface area contributed by atoms with E-state index < -0.39 is 0 Å². The molecule has 0 saturated carbocycles. The van der Waals surface area contributed by atoms with Gasteiger partial charge in [0.15, 0.2) is 5.78 Å². The third-order valence-electron chi connectivity index (χ3n) is 3.80. The van der Waals surface area contributed by atoms with E-state index in [1.807, 2.05) is 12.1 Å². The van der Waals surface area contributed by atoms with Crippen LogP contribution in [0.3, 0.4) is 0 Å². The fourth-order valence-electron chi connectivity index (χ4n) is 2.51. The van der Waals surface area contributed by atoms with E-state index >= 15 is 0 Å². The average Bonchev–Trinajstić information content (AvgIpc) is 2.68. The van der Waals surface area contributed by atoms with Crippen LogP contribution in [0.5, 0.6) is 0 Å². The molecular weight excluding hydrogens is 381 g/mol. The lowest BCUT2D eigenvalue weighted by Crippen LogP contribution is -2.12. The van der Waals surface area contributed by atoms with Crippen LogP contribution in [-0.4, -0.2) is 11.7 Å². The zero-order chi connectivity index (χ0) is 19.2. The number of halogens is 2. The number of anilines is 1. The van der Waals surface area contributed by atoms with Crippen molar-refractivity contribution in [1.82, 2.24) is 0 Å². The number of carbonyl (C=O) groups is 2. The van der Waals surface area contributed by atoms with Gasteiger partial charge in [-0.05, 0) is 42.0 Å². The molecule has 0 aliphatic rings. The van der Waals surface area contributed by atoms with E-state index in [9.17, 15) is 9.59 Å². The molecule has 0 atom stereocenters. The number of hydrogen-bond acceptors (Lipinski definition) is 2. The van der Waals surface area contributed by atoms with Gasteiger partial charge in [0.1, 0.15) is 0 Å². The maximum Gasteiger partial charge on any atom is 0.248 e. The Balaban J connectivity index is 1.82. The number of ketones is 1. The summed E-state index contributed by atoms with van der Waals surface area (Å²) in [6.45, 7) is 0. The van der Waals surface area contributed by atoms with E-state index in [1.165, 1.54) is 6.08 Å². The molecule has 0 fully saturated rings. The standard InChI is InChI=1S/C22H15Cl2NO2/c23-17-8-4-5-15(13-17)9-12-21(26)25-20-11-10-18(24)14-19(20)22(27)16-6-2-1-3-7-16/h1-14H,(H,25,26). The predicted octanol–water partition coefficient (Wildman–Crippen LogP) is 5.88. The number of hydrogen-bond donors (Lipinski definition) is 1. The minimum absolute atomic E-state index is 0.216. The normalized spacial score (nSPS) is 10.7. The molecule has 27 heavy (non-hydrogen) atoms. The molecule has 0 aromatic heterocycles. The Labute approximate surface area is 167 Å². The van der Waals surface area contributed by atoms with Crippen molar-refractivity contribution >= 4 is 46.7 Å². The molecule has 0 aliphatic heterocycles. The van der Waals surface area contributed by atoms with Crippen molar-refractivity contribution in [2.75, 3.05) is 5.32 Å². The summed E-state index contributed by atoms with van der Waals surface area (Å²) in [6, 6.07) is 20.8. The fourth-order valence-corrected chi connectivity index (χ4v) is 2.89. The first-order valence-corrected chi connectivity index (χ1v) is 8.92. The van der Waals surface area contributed by atoms with E-state index in [0.29, 0.717) is 26.9 Å². The molecule has 5 heteroatoms. The van der Waals surface area contributed by atoms with Crippen LogP contribution in [0, 0.1) is 0 Å². The van der Waals surface area contributed by atoms with Crippen molar-refractivity contribution in [2.45, 2.75) is 0 Å². The molecule has 0 aliphatic carbocycles. The lowest BCUT2D eigenvalue weighted by molar-refractivity contribution is -0.111. The number of rotatable bonds is 5. The summed E-state index contributed by atoms with van der Waals surface area (Å²) >= 11 is 12.0. The van der Waals surface area contributed by atoms with Gasteiger partial charge in [-0.15, -0.1) is 0 Å². The molecular formula is C22H15Cl2NO2. The highest BCUT2D eigenvalue weighted by Gasteiger charge is 2.15. The van der Waals surface area contributed by atoms with E-state index in [-0.39, 0.29) is 11.7 Å². The Morgan fingerprint density at radius 2 is 1.56 bits per heavy atom. The van der Waals surface area contributed by atoms with E-state index in [0.717, 1.165) is 5.56 Å². The Morgan fingerprint density at radius 3 is 2.30 bits per heavy atom. The van der Waals surface area contributed by atoms with Gasteiger partial charge in [0.2, 0.25) is 5.91 Å². The first kappa shape index (κ1) is 18.9. The first-order valence-electron chi connectivity index (χ1n) is 8.17. The van der Waals surface area contributed by atoms with Gasteiger partial charge in [-0.3, -0.25) is 9.59 Å². The molecule has 3 aromatic rings. The number of amides is 1. The third kappa shape index (κ3) is 5.07. The number of carbonyl (C=O) groups excluding carboxylic acids is 2. The minimum atomic E-state index is -0.362. The van der Waals surface area contributed by atoms with Crippen LogP contribution in [0.25, 0.3) is 6.08 Å². The Kier molecular flexibility index (Phi) is 6.07. The highest BCUT2D eigenvalue weighted by Crippen LogP contribution is 2.24. The summed E-state index contributed by atoms with van der Waals surface area (Å²) in [5, 5.41) is 3.74. The van der Waals surface area contributed by atoms with Crippen molar-refractivity contribution in [1.29, 1.82) is 0 Å². The predicted molar refractivity (Wildman–Crippen MR) is 110 cm³/mol. The Morgan fingerprint density at radius 1 is 0.815 bits per heavy atom. The lowest BCUT2D eigenvalue weighted by Gasteiger charge is -2.10. The van der Waals surface area contributed by atoms with Crippen LogP contribution >= 0.6 is 23.2 Å². The van der Waals surface area contributed by atoms with Crippen LogP contribution in [0.15, 0.2) is 78.9 Å². The maximum atomic E-state index is 12.8. The summed E-state index contributed by atoms with van der Waals surface area (Å²) in [5.74, 6) is -0.577. The topological polar surface area (TPSA) is 46.2 Å². The molecule has 3 aromatic carbocycles. The van der Waals surface area contributed by atoms with Crippen LogP contribution < -0.4 is 5.32 Å². The summed E-state index contributed by atoms with van der Waals surface area (Å²) in [7, 11) is 0. The minimum Gasteiger partial charge on any atom is -0.322 e. The zero-order valence-electron chi connectivity index (χ0n) is 14.2. The molecule has 3 nitrogen and oxygen atoms in total. The highest BCUT2D eigenvalue weighted by molar-refractivity contribution is 6.31. The summed E-state index contributed by atoms with van der Waals surface area (Å²) in [4.78, 5) is 25.1. The van der Waals surface area contributed by atoms with Gasteiger partial charge in [-0.2, -0.15) is 0 Å². The number of benzene rings is 3. The molecule has 0 heterocycles. The first-order chi connectivity index (χ1) is 13.0. The summed E-state index contributed by atoms with van der Waals surface area (Å²) in [5.41, 5.74) is 2.05. The highest BCUT2D eigenvalue weighted by atomic mass is 35.5. The second-order valence-corrected chi connectivity index (χ2v) is 6.64. The van der Waals surface area contributed by atoms with Crippen LogP contribution in [0.1, 0.15) is 21.5 Å². The fraction of sp³-hybridized carbons (Fsp3) is 0. The van der Waals surface area contributed by atoms with Crippen LogP contribution in [-0.2, 0) is 4.79 Å². The van der Waals surface area contributed by atoms with Crippen molar-refractivity contribution in [3.63, 3.8) is 0 Å². The summed E-state index contributed by atoms with van der Waals surface area (Å²) in [6.07, 6.45) is 3.03. The SMILES string of the molecule is O=C(C=Cc1cccc(Cl)c1)Nc1ccc(Cl)cc1C(=O)c1ccccc1. The van der Waals surface area contributed by atoms with E-state index in [1.54, 1.807) is 66.7 Å². The molecule has 3 rings (SSSR count). The lowest BCUT2D eigenvalue weighted by atomic mass is 10.0. The summed E-state index contributed by atoms with van der Waals surface area (Å²) < 4.78 is 0. The quantitative estimate of drug-likeness (QED) is 0.433. The smallest absolute Gasteiger partial charge is 0.248 e.